The van der Waals surface area contributed by atoms with Gasteiger partial charge in [0.1, 0.15) is 5.75 Å². The summed E-state index contributed by atoms with van der Waals surface area (Å²) in [5.74, 6) is 1.32. The smallest absolute Gasteiger partial charge is 0.262 e. The molecule has 3 rings (SSSR count). The fourth-order valence-electron chi connectivity index (χ4n) is 2.95. The number of nitrogens with zero attached hydrogens (tertiary/aromatic N) is 3. The molecule has 2 aromatic rings. The van der Waals surface area contributed by atoms with Crippen LogP contribution in [-0.4, -0.2) is 38.1 Å². The Morgan fingerprint density at radius 3 is 2.46 bits per heavy atom. The second kappa shape index (κ2) is 7.90. The maximum Gasteiger partial charge on any atom is 0.262 e. The third-order valence-electron chi connectivity index (χ3n) is 4.29. The van der Waals surface area contributed by atoms with Crippen molar-refractivity contribution < 1.29 is 13.2 Å². The van der Waals surface area contributed by atoms with E-state index in [9.17, 15) is 8.42 Å². The predicted octanol–water partition coefficient (Wildman–Crippen LogP) is 2.97. The summed E-state index contributed by atoms with van der Waals surface area (Å²) in [7, 11) is -3.70. The number of ether oxygens (including phenoxy) is 1. The molecule has 0 unspecified atom stereocenters. The number of anilines is 2. The molecule has 1 aromatic heterocycles. The lowest BCUT2D eigenvalue weighted by Gasteiger charge is -2.26. The van der Waals surface area contributed by atoms with E-state index >= 15 is 0 Å². The highest BCUT2D eigenvalue weighted by Crippen LogP contribution is 2.24. The van der Waals surface area contributed by atoms with Crippen molar-refractivity contribution in [3.8, 4) is 5.75 Å². The zero-order valence-electron chi connectivity index (χ0n) is 15.1. The van der Waals surface area contributed by atoms with E-state index < -0.39 is 10.0 Å². The number of rotatable bonds is 6. The Bertz CT molecular complexity index is 847. The summed E-state index contributed by atoms with van der Waals surface area (Å²) in [6, 6.07) is 4.79. The molecule has 0 radical (unpaired) electrons. The van der Waals surface area contributed by atoms with Crippen LogP contribution in [0.3, 0.4) is 0 Å². The molecule has 140 valence electrons. The summed E-state index contributed by atoms with van der Waals surface area (Å²) in [5.41, 5.74) is 1.11. The van der Waals surface area contributed by atoms with Crippen molar-refractivity contribution in [2.75, 3.05) is 29.3 Å². The second-order valence-electron chi connectivity index (χ2n) is 6.29. The minimum Gasteiger partial charge on any atom is -0.494 e. The van der Waals surface area contributed by atoms with Gasteiger partial charge in [-0.3, -0.25) is 4.72 Å². The summed E-state index contributed by atoms with van der Waals surface area (Å²) < 4.78 is 33.2. The van der Waals surface area contributed by atoms with Crippen LogP contribution < -0.4 is 14.4 Å². The van der Waals surface area contributed by atoms with Gasteiger partial charge in [0.25, 0.3) is 10.0 Å². The van der Waals surface area contributed by atoms with Crippen LogP contribution in [0.25, 0.3) is 0 Å². The van der Waals surface area contributed by atoms with E-state index in [-0.39, 0.29) is 4.90 Å². The van der Waals surface area contributed by atoms with Crippen molar-refractivity contribution in [3.63, 3.8) is 0 Å². The van der Waals surface area contributed by atoms with E-state index in [1.807, 2.05) is 13.8 Å². The number of nitrogens with one attached hydrogen (secondary N) is 1. The molecule has 0 spiro atoms. The minimum absolute atomic E-state index is 0.179. The van der Waals surface area contributed by atoms with Gasteiger partial charge in [-0.15, -0.1) is 0 Å². The summed E-state index contributed by atoms with van der Waals surface area (Å²) in [6.07, 6.45) is 6.52. The van der Waals surface area contributed by atoms with E-state index in [1.165, 1.54) is 24.9 Å². The van der Waals surface area contributed by atoms with Gasteiger partial charge < -0.3 is 9.64 Å². The summed E-state index contributed by atoms with van der Waals surface area (Å²) in [6.45, 7) is 6.12. The molecule has 1 aromatic carbocycles. The Balaban J connectivity index is 1.73. The van der Waals surface area contributed by atoms with Crippen molar-refractivity contribution >= 4 is 21.7 Å². The first kappa shape index (κ1) is 18.4. The SMILES string of the molecule is CCOc1ccc(S(=O)(=O)Nc2cnc(N3CCCCC3)nc2)cc1C. The van der Waals surface area contributed by atoms with Crippen LogP contribution in [0.2, 0.25) is 0 Å². The molecular formula is C18H24N4O3S. The number of hydrogen-bond donors (Lipinski definition) is 1. The van der Waals surface area contributed by atoms with Crippen molar-refractivity contribution in [2.24, 2.45) is 0 Å². The van der Waals surface area contributed by atoms with Crippen molar-refractivity contribution in [1.29, 1.82) is 0 Å². The Kier molecular flexibility index (Phi) is 5.61. The van der Waals surface area contributed by atoms with Gasteiger partial charge in [0.05, 0.1) is 29.6 Å². The van der Waals surface area contributed by atoms with E-state index in [0.29, 0.717) is 24.0 Å². The quantitative estimate of drug-likeness (QED) is 0.834. The van der Waals surface area contributed by atoms with Gasteiger partial charge in [0, 0.05) is 13.1 Å². The number of sulfonamides is 1. The molecule has 0 aliphatic carbocycles. The fraction of sp³-hybridized carbons (Fsp3) is 0.444. The van der Waals surface area contributed by atoms with Crippen LogP contribution in [0.15, 0.2) is 35.5 Å². The highest BCUT2D eigenvalue weighted by Gasteiger charge is 2.17. The molecule has 8 heteroatoms. The zero-order valence-corrected chi connectivity index (χ0v) is 15.9. The normalized spacial score (nSPS) is 14.9. The van der Waals surface area contributed by atoms with Gasteiger partial charge in [0.15, 0.2) is 0 Å². The second-order valence-corrected chi connectivity index (χ2v) is 7.97. The zero-order chi connectivity index (χ0) is 18.6. The Hall–Kier alpha value is -2.35. The highest BCUT2D eigenvalue weighted by atomic mass is 32.2. The molecular weight excluding hydrogens is 352 g/mol. The molecule has 1 aliphatic rings. The number of piperidine rings is 1. The molecule has 0 atom stereocenters. The maximum atomic E-state index is 12.6. The lowest BCUT2D eigenvalue weighted by molar-refractivity contribution is 0.337. The minimum atomic E-state index is -3.70. The van der Waals surface area contributed by atoms with E-state index in [0.717, 1.165) is 31.5 Å². The highest BCUT2D eigenvalue weighted by molar-refractivity contribution is 7.92. The summed E-state index contributed by atoms with van der Waals surface area (Å²) >= 11 is 0. The molecule has 0 saturated carbocycles. The molecule has 2 heterocycles. The van der Waals surface area contributed by atoms with Gasteiger partial charge in [-0.2, -0.15) is 0 Å². The van der Waals surface area contributed by atoms with Crippen LogP contribution in [0.4, 0.5) is 11.6 Å². The topological polar surface area (TPSA) is 84.4 Å². The van der Waals surface area contributed by atoms with Crippen molar-refractivity contribution in [1.82, 2.24) is 9.97 Å². The van der Waals surface area contributed by atoms with Crippen LogP contribution in [0, 0.1) is 6.92 Å². The molecule has 7 nitrogen and oxygen atoms in total. The van der Waals surface area contributed by atoms with E-state index in [4.69, 9.17) is 4.74 Å². The van der Waals surface area contributed by atoms with Gasteiger partial charge >= 0.3 is 0 Å². The van der Waals surface area contributed by atoms with Crippen LogP contribution in [0.1, 0.15) is 31.7 Å². The first-order valence-corrected chi connectivity index (χ1v) is 10.3. The average Bonchev–Trinajstić information content (AvgIpc) is 2.64. The molecule has 26 heavy (non-hydrogen) atoms. The van der Waals surface area contributed by atoms with E-state index in [2.05, 4.69) is 19.6 Å². The van der Waals surface area contributed by atoms with Crippen molar-refractivity contribution in [2.45, 2.75) is 38.0 Å². The first-order chi connectivity index (χ1) is 12.5. The lowest BCUT2D eigenvalue weighted by Crippen LogP contribution is -2.30. The molecule has 1 saturated heterocycles. The standard InChI is InChI=1S/C18H24N4O3S/c1-3-25-17-8-7-16(11-14(17)2)26(23,24)21-15-12-19-18(20-13-15)22-9-5-4-6-10-22/h7-8,11-13,21H,3-6,9-10H2,1-2H3. The first-order valence-electron chi connectivity index (χ1n) is 8.83. The summed E-state index contributed by atoms with van der Waals surface area (Å²) in [4.78, 5) is 10.9. The van der Waals surface area contributed by atoms with Crippen LogP contribution in [-0.2, 0) is 10.0 Å². The number of hydrogen-bond acceptors (Lipinski definition) is 6. The molecule has 1 N–H and O–H groups in total. The molecule has 0 bridgehead atoms. The Morgan fingerprint density at radius 1 is 1.15 bits per heavy atom. The fourth-order valence-corrected chi connectivity index (χ4v) is 4.06. The Labute approximate surface area is 154 Å². The number of aromatic nitrogens is 2. The predicted molar refractivity (Wildman–Crippen MR) is 101 cm³/mol. The lowest BCUT2D eigenvalue weighted by atomic mass is 10.1. The Morgan fingerprint density at radius 2 is 1.85 bits per heavy atom. The van der Waals surface area contributed by atoms with Gasteiger partial charge in [-0.25, -0.2) is 18.4 Å². The number of aryl methyl sites for hydroxylation is 1. The summed E-state index contributed by atoms with van der Waals surface area (Å²) in [5, 5.41) is 0. The molecule has 0 amide bonds. The molecule has 1 fully saturated rings. The molecule has 1 aliphatic heterocycles. The van der Waals surface area contributed by atoms with Gasteiger partial charge in [-0.1, -0.05) is 0 Å². The van der Waals surface area contributed by atoms with Crippen molar-refractivity contribution in [3.05, 3.63) is 36.2 Å². The number of benzene rings is 1. The largest absolute Gasteiger partial charge is 0.494 e. The third kappa shape index (κ3) is 4.24. The monoisotopic (exact) mass is 376 g/mol. The van der Waals surface area contributed by atoms with Gasteiger partial charge in [-0.05, 0) is 56.9 Å². The maximum absolute atomic E-state index is 12.6. The van der Waals surface area contributed by atoms with Gasteiger partial charge in [0.2, 0.25) is 5.95 Å². The van der Waals surface area contributed by atoms with Crippen LogP contribution >= 0.6 is 0 Å². The third-order valence-corrected chi connectivity index (χ3v) is 5.66. The average molecular weight is 376 g/mol. The van der Waals surface area contributed by atoms with Crippen LogP contribution in [0.5, 0.6) is 5.75 Å². The van der Waals surface area contributed by atoms with E-state index in [1.54, 1.807) is 12.1 Å².